The van der Waals surface area contributed by atoms with E-state index in [1.165, 1.54) is 32.1 Å². The van der Waals surface area contributed by atoms with Crippen molar-refractivity contribution in [2.75, 3.05) is 13.1 Å². The van der Waals surface area contributed by atoms with Crippen molar-refractivity contribution in [1.82, 2.24) is 10.6 Å². The third kappa shape index (κ3) is 8.24. The van der Waals surface area contributed by atoms with Gasteiger partial charge in [-0.1, -0.05) is 77.8 Å². The van der Waals surface area contributed by atoms with Crippen LogP contribution in [0.3, 0.4) is 0 Å². The summed E-state index contributed by atoms with van der Waals surface area (Å²) in [6, 6.07) is 13.7. The number of amides is 2. The Morgan fingerprint density at radius 1 is 0.878 bits per heavy atom. The van der Waals surface area contributed by atoms with Gasteiger partial charge in [0.1, 0.15) is 17.9 Å². The largest absolute Gasteiger partial charge is 0.489 e. The van der Waals surface area contributed by atoms with Crippen LogP contribution in [0.2, 0.25) is 5.02 Å². The summed E-state index contributed by atoms with van der Waals surface area (Å²) in [6.07, 6.45) is 9.15. The van der Waals surface area contributed by atoms with Gasteiger partial charge in [0, 0.05) is 40.6 Å². The van der Waals surface area contributed by atoms with Crippen LogP contribution in [0.1, 0.15) is 105 Å². The fourth-order valence-electron chi connectivity index (χ4n) is 6.22. The molecular weight excluding hydrogens is 536 g/mol. The number of unbranched alkanes of at least 4 members (excludes halogenated alkanes) is 7. The maximum atomic E-state index is 13.1. The van der Waals surface area contributed by atoms with E-state index in [-0.39, 0.29) is 34.8 Å². The van der Waals surface area contributed by atoms with Gasteiger partial charge in [-0.25, -0.2) is 0 Å². The number of carbonyl (C=O) groups excluding carboxylic acids is 2. The van der Waals surface area contributed by atoms with Gasteiger partial charge in [-0.15, -0.1) is 0 Å². The van der Waals surface area contributed by atoms with E-state index in [9.17, 15) is 9.59 Å². The lowest BCUT2D eigenvalue weighted by atomic mass is 9.49. The molecule has 0 heterocycles. The number of rotatable bonds is 15. The molecule has 3 rings (SSSR count). The number of nitrogens with two attached hydrogens (primary N) is 1. The highest BCUT2D eigenvalue weighted by molar-refractivity contribution is 6.31. The maximum Gasteiger partial charge on any atom is 0.251 e. The molecule has 0 aromatic heterocycles. The first-order valence-corrected chi connectivity index (χ1v) is 15.2. The molecule has 1 aliphatic carbocycles. The van der Waals surface area contributed by atoms with E-state index in [2.05, 4.69) is 44.4 Å². The van der Waals surface area contributed by atoms with Crippen LogP contribution >= 0.6 is 11.6 Å². The van der Waals surface area contributed by atoms with E-state index in [1.54, 1.807) is 42.5 Å². The van der Waals surface area contributed by atoms with Crippen molar-refractivity contribution in [1.29, 1.82) is 5.26 Å². The minimum Gasteiger partial charge on any atom is -0.489 e. The van der Waals surface area contributed by atoms with E-state index < -0.39 is 0 Å². The molecule has 1 fully saturated rings. The van der Waals surface area contributed by atoms with Gasteiger partial charge in [0.25, 0.3) is 11.8 Å². The highest BCUT2D eigenvalue weighted by Crippen LogP contribution is 2.55. The van der Waals surface area contributed by atoms with Crippen molar-refractivity contribution in [2.24, 2.45) is 16.6 Å². The molecule has 1 aliphatic rings. The fourth-order valence-corrected chi connectivity index (χ4v) is 6.43. The van der Waals surface area contributed by atoms with E-state index >= 15 is 0 Å². The number of carbonyl (C=O) groups is 2. The first-order chi connectivity index (χ1) is 19.5. The lowest BCUT2D eigenvalue weighted by Gasteiger charge is -2.63. The molecule has 7 nitrogen and oxygen atoms in total. The highest BCUT2D eigenvalue weighted by atomic mass is 35.5. The second-order valence-corrected chi connectivity index (χ2v) is 12.7. The van der Waals surface area contributed by atoms with Crippen molar-refractivity contribution in [3.8, 4) is 11.8 Å². The molecule has 8 heteroatoms. The van der Waals surface area contributed by atoms with Gasteiger partial charge < -0.3 is 21.1 Å². The number of benzene rings is 2. The monoisotopic (exact) mass is 580 g/mol. The van der Waals surface area contributed by atoms with Gasteiger partial charge in [-0.2, -0.15) is 5.26 Å². The van der Waals surface area contributed by atoms with Crippen LogP contribution in [0.25, 0.3) is 0 Å². The van der Waals surface area contributed by atoms with E-state index in [4.69, 9.17) is 27.3 Å². The quantitative estimate of drug-likeness (QED) is 0.204. The molecule has 0 radical (unpaired) electrons. The molecule has 0 spiro atoms. The normalized spacial score (nSPS) is 18.6. The zero-order valence-corrected chi connectivity index (χ0v) is 25.7. The number of hydrogen-bond donors (Lipinski definition) is 3. The third-order valence-corrected chi connectivity index (χ3v) is 8.57. The summed E-state index contributed by atoms with van der Waals surface area (Å²) in [4.78, 5) is 25.7. The molecule has 4 N–H and O–H groups in total. The van der Waals surface area contributed by atoms with Crippen LogP contribution in [-0.4, -0.2) is 37.0 Å². The first-order valence-electron chi connectivity index (χ1n) is 14.8. The van der Waals surface area contributed by atoms with Crippen molar-refractivity contribution < 1.29 is 14.3 Å². The number of hydrogen-bond acceptors (Lipinski definition) is 5. The molecule has 0 unspecified atom stereocenters. The van der Waals surface area contributed by atoms with Crippen LogP contribution in [0, 0.1) is 22.2 Å². The average Bonchev–Trinajstić information content (AvgIpc) is 2.95. The van der Waals surface area contributed by atoms with Crippen molar-refractivity contribution in [2.45, 2.75) is 91.2 Å². The van der Waals surface area contributed by atoms with E-state index in [0.717, 1.165) is 25.8 Å². The molecule has 222 valence electrons. The number of ether oxygens (including phenoxy) is 1. The van der Waals surface area contributed by atoms with Gasteiger partial charge in [0.05, 0.1) is 10.6 Å². The van der Waals surface area contributed by atoms with Crippen molar-refractivity contribution >= 4 is 23.4 Å². The molecule has 0 aliphatic heterocycles. The number of nitrogens with one attached hydrogen (secondary N) is 2. The molecular formula is C33H45ClN4O3. The molecule has 2 aromatic carbocycles. The Bertz CT molecular complexity index is 1200. The second kappa shape index (κ2) is 14.7. The van der Waals surface area contributed by atoms with E-state index in [1.807, 2.05) is 0 Å². The molecule has 2 amide bonds. The smallest absolute Gasteiger partial charge is 0.251 e. The minimum absolute atomic E-state index is 0.122. The summed E-state index contributed by atoms with van der Waals surface area (Å²) < 4.78 is 6.30. The minimum atomic E-state index is -0.357. The van der Waals surface area contributed by atoms with Crippen LogP contribution in [0.5, 0.6) is 5.75 Å². The summed E-state index contributed by atoms with van der Waals surface area (Å²) in [6.45, 7) is 9.69. The second-order valence-electron chi connectivity index (χ2n) is 12.3. The predicted octanol–water partition coefficient (Wildman–Crippen LogP) is 6.63. The zero-order valence-electron chi connectivity index (χ0n) is 24.9. The standard InChI is InChI=1S/C33H45ClN4O3/c1-32(2)30(33(3,4)31(32)41-26-18-17-25(22-36)27(34)21-26)38-29(40)24-15-13-23(14-16-24)28(39)37-20-12-10-8-6-5-7-9-11-19-35/h13-18,21,30-31H,5-12,19-20,35H2,1-4H3,(H,37,39)(H,38,40). The van der Waals surface area contributed by atoms with Crippen LogP contribution in [-0.2, 0) is 0 Å². The van der Waals surface area contributed by atoms with E-state index in [0.29, 0.717) is 34.0 Å². The number of halogens is 1. The predicted molar refractivity (Wildman–Crippen MR) is 164 cm³/mol. The van der Waals surface area contributed by atoms with Gasteiger partial charge in [-0.3, -0.25) is 9.59 Å². The molecule has 0 saturated heterocycles. The van der Waals surface area contributed by atoms with Gasteiger partial charge in [0.2, 0.25) is 0 Å². The third-order valence-electron chi connectivity index (χ3n) is 8.26. The Labute approximate surface area is 250 Å². The first kappa shape index (κ1) is 32.4. The molecule has 41 heavy (non-hydrogen) atoms. The Kier molecular flexibility index (Phi) is 11.6. The average molecular weight is 581 g/mol. The maximum absolute atomic E-state index is 13.1. The highest BCUT2D eigenvalue weighted by Gasteiger charge is 2.64. The molecule has 1 saturated carbocycles. The molecule has 0 atom stereocenters. The summed E-state index contributed by atoms with van der Waals surface area (Å²) in [5.41, 5.74) is 6.25. The summed E-state index contributed by atoms with van der Waals surface area (Å²) in [5.74, 6) is 0.279. The molecule has 2 aromatic rings. The molecule has 0 bridgehead atoms. The lowest BCUT2D eigenvalue weighted by Crippen LogP contribution is -2.74. The Balaban J connectivity index is 1.46. The van der Waals surface area contributed by atoms with Gasteiger partial charge in [-0.05, 0) is 55.8 Å². The fraction of sp³-hybridized carbons (Fsp3) is 0.545. The Hall–Kier alpha value is -3.08. The van der Waals surface area contributed by atoms with Crippen molar-refractivity contribution in [3.05, 3.63) is 64.2 Å². The SMILES string of the molecule is CC1(C)C(NC(=O)c2ccc(C(=O)NCCCCCCCCCCN)cc2)C(C)(C)C1Oc1ccc(C#N)c(Cl)c1. The van der Waals surface area contributed by atoms with Gasteiger partial charge in [0.15, 0.2) is 0 Å². The number of nitriles is 1. The van der Waals surface area contributed by atoms with Crippen LogP contribution in [0.15, 0.2) is 42.5 Å². The van der Waals surface area contributed by atoms with Gasteiger partial charge >= 0.3 is 0 Å². The summed E-state index contributed by atoms with van der Waals surface area (Å²) in [7, 11) is 0. The Morgan fingerprint density at radius 3 is 1.95 bits per heavy atom. The topological polar surface area (TPSA) is 117 Å². The van der Waals surface area contributed by atoms with Crippen molar-refractivity contribution in [3.63, 3.8) is 0 Å². The lowest BCUT2D eigenvalue weighted by molar-refractivity contribution is -0.164. The Morgan fingerprint density at radius 2 is 1.41 bits per heavy atom. The summed E-state index contributed by atoms with van der Waals surface area (Å²) >= 11 is 6.19. The van der Waals surface area contributed by atoms with Crippen LogP contribution < -0.4 is 21.1 Å². The number of nitrogens with zero attached hydrogens (tertiary/aromatic N) is 1. The summed E-state index contributed by atoms with van der Waals surface area (Å²) in [5, 5.41) is 15.6. The van der Waals surface area contributed by atoms with Crippen LogP contribution in [0.4, 0.5) is 0 Å². The zero-order chi connectivity index (χ0) is 30.0.